The Labute approximate surface area is 114 Å². The van der Waals surface area contributed by atoms with Crippen LogP contribution in [-0.4, -0.2) is 10.7 Å². The molecule has 0 atom stereocenters. The monoisotopic (exact) mass is 281 g/mol. The number of hydrogen-bond acceptors (Lipinski definition) is 3. The van der Waals surface area contributed by atoms with Gasteiger partial charge in [0.1, 0.15) is 5.75 Å². The summed E-state index contributed by atoms with van der Waals surface area (Å²) in [5.74, 6) is -0.643. The molecule has 0 aliphatic rings. The van der Waals surface area contributed by atoms with E-state index in [0.29, 0.717) is 5.75 Å². The van der Waals surface area contributed by atoms with E-state index in [-0.39, 0.29) is 5.75 Å². The predicted molar refractivity (Wildman–Crippen MR) is 71.7 cm³/mol. The van der Waals surface area contributed by atoms with Crippen LogP contribution in [-0.2, 0) is 0 Å². The molecule has 1 aromatic heterocycles. The van der Waals surface area contributed by atoms with Gasteiger partial charge in [0, 0.05) is 12.3 Å². The zero-order valence-electron chi connectivity index (χ0n) is 10.4. The summed E-state index contributed by atoms with van der Waals surface area (Å²) < 4.78 is 31.9. The van der Waals surface area contributed by atoms with Crippen molar-refractivity contribution in [2.45, 2.75) is 18.4 Å². The summed E-state index contributed by atoms with van der Waals surface area (Å²) >= 11 is 1.59. The highest BCUT2D eigenvalue weighted by atomic mass is 32.2. The van der Waals surface area contributed by atoms with Crippen LogP contribution in [0.4, 0.5) is 8.78 Å². The zero-order chi connectivity index (χ0) is 13.7. The van der Waals surface area contributed by atoms with Crippen LogP contribution in [0.5, 0.6) is 11.5 Å². The summed E-state index contributed by atoms with van der Waals surface area (Å²) in [6.07, 6.45) is 2.63. The van der Waals surface area contributed by atoms with Crippen molar-refractivity contribution in [3.63, 3.8) is 0 Å². The largest absolute Gasteiger partial charge is 0.454 e. The van der Waals surface area contributed by atoms with E-state index < -0.39 is 11.6 Å². The van der Waals surface area contributed by atoms with Crippen molar-refractivity contribution in [2.75, 3.05) is 5.75 Å². The molecule has 0 spiro atoms. The standard InChI is InChI=1S/C14H13F2NOS/c1-2-8-19-13-9-10(6-7-17-13)18-12-5-3-4-11(15)14(12)16/h3-7,9H,2,8H2,1H3. The second-order valence-electron chi connectivity index (χ2n) is 3.83. The van der Waals surface area contributed by atoms with Crippen molar-refractivity contribution in [1.29, 1.82) is 0 Å². The SMILES string of the molecule is CCCSc1cc(Oc2cccc(F)c2F)ccn1. The van der Waals surface area contributed by atoms with E-state index in [9.17, 15) is 8.78 Å². The number of benzene rings is 1. The first-order valence-corrected chi connectivity index (χ1v) is 6.90. The molecule has 0 N–H and O–H groups in total. The lowest BCUT2D eigenvalue weighted by atomic mass is 10.3. The summed E-state index contributed by atoms with van der Waals surface area (Å²) in [6, 6.07) is 7.17. The fourth-order valence-electron chi connectivity index (χ4n) is 1.43. The van der Waals surface area contributed by atoms with Crippen LogP contribution < -0.4 is 4.74 Å². The van der Waals surface area contributed by atoms with Crippen LogP contribution in [0.1, 0.15) is 13.3 Å². The molecule has 1 heterocycles. The molecule has 19 heavy (non-hydrogen) atoms. The molecule has 2 rings (SSSR count). The number of nitrogens with zero attached hydrogens (tertiary/aromatic N) is 1. The van der Waals surface area contributed by atoms with E-state index in [1.54, 1.807) is 30.1 Å². The Hall–Kier alpha value is -1.62. The molecule has 0 unspecified atom stereocenters. The average Bonchev–Trinajstić information content (AvgIpc) is 2.42. The van der Waals surface area contributed by atoms with Gasteiger partial charge in [-0.15, -0.1) is 11.8 Å². The van der Waals surface area contributed by atoms with Crippen molar-refractivity contribution in [3.8, 4) is 11.5 Å². The normalized spacial score (nSPS) is 10.5. The van der Waals surface area contributed by atoms with Gasteiger partial charge in [-0.3, -0.25) is 0 Å². The highest BCUT2D eigenvalue weighted by Gasteiger charge is 2.10. The van der Waals surface area contributed by atoms with Crippen LogP contribution in [0, 0.1) is 11.6 Å². The van der Waals surface area contributed by atoms with Crippen LogP contribution in [0.25, 0.3) is 0 Å². The molecule has 0 fully saturated rings. The third-order valence-corrected chi connectivity index (χ3v) is 3.44. The van der Waals surface area contributed by atoms with E-state index in [0.717, 1.165) is 23.3 Å². The molecule has 1 aromatic carbocycles. The second kappa shape index (κ2) is 6.52. The van der Waals surface area contributed by atoms with E-state index in [1.165, 1.54) is 12.1 Å². The maximum atomic E-state index is 13.5. The minimum absolute atomic E-state index is 0.127. The van der Waals surface area contributed by atoms with Gasteiger partial charge >= 0.3 is 0 Å². The maximum absolute atomic E-state index is 13.5. The van der Waals surface area contributed by atoms with Crippen molar-refractivity contribution < 1.29 is 13.5 Å². The first kappa shape index (κ1) is 13.8. The van der Waals surface area contributed by atoms with Gasteiger partial charge in [0.15, 0.2) is 11.6 Å². The highest BCUT2D eigenvalue weighted by molar-refractivity contribution is 7.99. The van der Waals surface area contributed by atoms with E-state index in [1.807, 2.05) is 0 Å². The quantitative estimate of drug-likeness (QED) is 0.744. The third-order valence-electron chi connectivity index (χ3n) is 2.30. The van der Waals surface area contributed by atoms with Gasteiger partial charge in [-0.25, -0.2) is 9.37 Å². The Kier molecular flexibility index (Phi) is 4.74. The zero-order valence-corrected chi connectivity index (χ0v) is 11.2. The van der Waals surface area contributed by atoms with E-state index >= 15 is 0 Å². The lowest BCUT2D eigenvalue weighted by Crippen LogP contribution is -1.92. The molecule has 0 aliphatic heterocycles. The molecule has 2 nitrogen and oxygen atoms in total. The number of rotatable bonds is 5. The van der Waals surface area contributed by atoms with Crippen LogP contribution >= 0.6 is 11.8 Å². The molecular weight excluding hydrogens is 268 g/mol. The Balaban J connectivity index is 2.16. The summed E-state index contributed by atoms with van der Waals surface area (Å²) in [5.41, 5.74) is 0. The highest BCUT2D eigenvalue weighted by Crippen LogP contribution is 2.28. The van der Waals surface area contributed by atoms with Crippen LogP contribution in [0.15, 0.2) is 41.6 Å². The molecule has 100 valence electrons. The molecule has 0 aliphatic carbocycles. The molecule has 0 saturated heterocycles. The summed E-state index contributed by atoms with van der Waals surface area (Å²) in [4.78, 5) is 4.17. The Bertz CT molecular complexity index is 563. The molecule has 0 amide bonds. The molecule has 0 bridgehead atoms. The second-order valence-corrected chi connectivity index (χ2v) is 4.95. The minimum Gasteiger partial charge on any atom is -0.454 e. The van der Waals surface area contributed by atoms with E-state index in [2.05, 4.69) is 11.9 Å². The van der Waals surface area contributed by atoms with Gasteiger partial charge in [-0.05, 0) is 30.4 Å². The van der Waals surface area contributed by atoms with Gasteiger partial charge in [0.05, 0.1) is 5.03 Å². The first-order valence-electron chi connectivity index (χ1n) is 5.91. The lowest BCUT2D eigenvalue weighted by molar-refractivity contribution is 0.415. The van der Waals surface area contributed by atoms with Gasteiger partial charge in [0.2, 0.25) is 5.82 Å². The molecule has 5 heteroatoms. The molecular formula is C14H13F2NOS. The predicted octanol–water partition coefficient (Wildman–Crippen LogP) is 4.65. The van der Waals surface area contributed by atoms with Gasteiger partial charge < -0.3 is 4.74 Å². The van der Waals surface area contributed by atoms with Crippen molar-refractivity contribution >= 4 is 11.8 Å². The summed E-state index contributed by atoms with van der Waals surface area (Å²) in [7, 11) is 0. The lowest BCUT2D eigenvalue weighted by Gasteiger charge is -2.08. The number of thioether (sulfide) groups is 1. The number of pyridine rings is 1. The van der Waals surface area contributed by atoms with Gasteiger partial charge in [-0.1, -0.05) is 13.0 Å². The maximum Gasteiger partial charge on any atom is 0.201 e. The minimum atomic E-state index is -0.984. The fourth-order valence-corrected chi connectivity index (χ4v) is 2.18. The van der Waals surface area contributed by atoms with Gasteiger partial charge in [0.25, 0.3) is 0 Å². The molecule has 2 aromatic rings. The number of halogens is 2. The smallest absolute Gasteiger partial charge is 0.201 e. The third kappa shape index (κ3) is 3.67. The summed E-state index contributed by atoms with van der Waals surface area (Å²) in [5, 5.41) is 0.802. The van der Waals surface area contributed by atoms with E-state index in [4.69, 9.17) is 4.74 Å². The number of hydrogen-bond donors (Lipinski definition) is 0. The Morgan fingerprint density at radius 3 is 2.89 bits per heavy atom. The Morgan fingerprint density at radius 2 is 2.11 bits per heavy atom. The van der Waals surface area contributed by atoms with Gasteiger partial charge in [-0.2, -0.15) is 4.39 Å². The van der Waals surface area contributed by atoms with Crippen LogP contribution in [0.2, 0.25) is 0 Å². The van der Waals surface area contributed by atoms with Crippen LogP contribution in [0.3, 0.4) is 0 Å². The molecule has 0 saturated carbocycles. The fraction of sp³-hybridized carbons (Fsp3) is 0.214. The number of ether oxygens (including phenoxy) is 1. The first-order chi connectivity index (χ1) is 9.20. The Morgan fingerprint density at radius 1 is 1.26 bits per heavy atom. The van der Waals surface area contributed by atoms with Crippen molar-refractivity contribution in [1.82, 2.24) is 4.98 Å². The summed E-state index contributed by atoms with van der Waals surface area (Å²) in [6.45, 7) is 2.08. The molecule has 0 radical (unpaired) electrons. The van der Waals surface area contributed by atoms with Crippen molar-refractivity contribution in [2.24, 2.45) is 0 Å². The topological polar surface area (TPSA) is 22.1 Å². The average molecular weight is 281 g/mol. The number of aromatic nitrogens is 1. The van der Waals surface area contributed by atoms with Crippen molar-refractivity contribution in [3.05, 3.63) is 48.2 Å².